The summed E-state index contributed by atoms with van der Waals surface area (Å²) in [6, 6.07) is -2.19. The van der Waals surface area contributed by atoms with E-state index in [2.05, 4.69) is 15.6 Å². The van der Waals surface area contributed by atoms with Gasteiger partial charge in [-0.25, -0.2) is 14.6 Å². The number of nitrogens with zero attached hydrogens (tertiary/aromatic N) is 1. The zero-order valence-corrected chi connectivity index (χ0v) is 10.9. The maximum atomic E-state index is 11.5. The van der Waals surface area contributed by atoms with E-state index in [0.29, 0.717) is 0 Å². The molecule has 1 heterocycles. The number of carboxylic acid groups (broad SMARTS) is 2. The molecule has 1 atom stereocenters. The average molecular weight is 287 g/mol. The molecule has 1 aromatic heterocycles. The molecule has 1 aromatic rings. The maximum absolute atomic E-state index is 11.5. The van der Waals surface area contributed by atoms with Crippen molar-refractivity contribution in [1.29, 1.82) is 0 Å². The van der Waals surface area contributed by atoms with E-state index in [1.807, 2.05) is 0 Å². The summed E-state index contributed by atoms with van der Waals surface area (Å²) in [5.74, 6) is -2.70. The maximum Gasteiger partial charge on any atom is 0.326 e. The Balaban J connectivity index is 2.47. The Kier molecular flexibility index (Phi) is 5.24. The average Bonchev–Trinajstić information content (AvgIpc) is 2.70. The lowest BCUT2D eigenvalue weighted by molar-refractivity contribution is -0.145. The second-order valence-corrected chi connectivity index (χ2v) is 4.62. The Bertz CT molecular complexity index is 487. The van der Waals surface area contributed by atoms with Crippen LogP contribution in [0.3, 0.4) is 0 Å². The number of nitrogens with one attached hydrogen (secondary N) is 2. The summed E-state index contributed by atoms with van der Waals surface area (Å²) in [7, 11) is 0. The first-order chi connectivity index (χ1) is 8.90. The van der Waals surface area contributed by atoms with E-state index in [-0.39, 0.29) is 6.54 Å². The molecule has 0 aliphatic carbocycles. The second-order valence-electron chi connectivity index (χ2n) is 3.68. The van der Waals surface area contributed by atoms with Crippen LogP contribution in [0, 0.1) is 6.92 Å². The Morgan fingerprint density at radius 2 is 2.11 bits per heavy atom. The molecule has 0 saturated heterocycles. The number of hydrogen-bond donors (Lipinski definition) is 4. The van der Waals surface area contributed by atoms with E-state index < -0.39 is 30.4 Å². The van der Waals surface area contributed by atoms with Crippen LogP contribution in [0.2, 0.25) is 0 Å². The highest BCUT2D eigenvalue weighted by atomic mass is 32.1. The zero-order valence-electron chi connectivity index (χ0n) is 10.0. The van der Waals surface area contributed by atoms with Gasteiger partial charge in [0.05, 0.1) is 24.2 Å². The molecule has 0 radical (unpaired) electrons. The van der Waals surface area contributed by atoms with Gasteiger partial charge in [-0.1, -0.05) is 0 Å². The van der Waals surface area contributed by atoms with Crippen LogP contribution < -0.4 is 10.6 Å². The van der Waals surface area contributed by atoms with Crippen molar-refractivity contribution in [2.75, 3.05) is 0 Å². The highest BCUT2D eigenvalue weighted by molar-refractivity contribution is 7.09. The summed E-state index contributed by atoms with van der Waals surface area (Å²) in [4.78, 5) is 37.5. The molecule has 1 rings (SSSR count). The molecule has 0 aliphatic heterocycles. The van der Waals surface area contributed by atoms with Gasteiger partial charge < -0.3 is 20.8 Å². The summed E-state index contributed by atoms with van der Waals surface area (Å²) >= 11 is 1.36. The third-order valence-electron chi connectivity index (χ3n) is 2.24. The monoisotopic (exact) mass is 287 g/mol. The first-order valence-corrected chi connectivity index (χ1v) is 6.16. The normalized spacial score (nSPS) is 11.6. The Morgan fingerprint density at radius 1 is 1.42 bits per heavy atom. The van der Waals surface area contributed by atoms with Crippen LogP contribution in [0.5, 0.6) is 0 Å². The predicted molar refractivity (Wildman–Crippen MR) is 65.9 cm³/mol. The lowest BCUT2D eigenvalue weighted by atomic mass is 10.2. The Hall–Kier alpha value is -2.16. The van der Waals surface area contributed by atoms with Crippen LogP contribution in [0.4, 0.5) is 4.79 Å². The van der Waals surface area contributed by atoms with Gasteiger partial charge in [-0.2, -0.15) is 0 Å². The number of aryl methyl sites for hydroxylation is 1. The largest absolute Gasteiger partial charge is 0.481 e. The van der Waals surface area contributed by atoms with E-state index in [0.717, 1.165) is 10.6 Å². The minimum atomic E-state index is -1.46. The van der Waals surface area contributed by atoms with Crippen molar-refractivity contribution in [3.63, 3.8) is 0 Å². The topological polar surface area (TPSA) is 129 Å². The number of carbonyl (C=O) groups is 3. The number of amides is 2. The number of carboxylic acids is 2. The van der Waals surface area contributed by atoms with Gasteiger partial charge in [-0.15, -0.1) is 11.3 Å². The van der Waals surface area contributed by atoms with Gasteiger partial charge in [0.2, 0.25) is 0 Å². The number of thiazole rings is 1. The fourth-order valence-electron chi connectivity index (χ4n) is 1.24. The summed E-state index contributed by atoms with van der Waals surface area (Å²) in [6.45, 7) is 2.00. The van der Waals surface area contributed by atoms with Gasteiger partial charge in [0, 0.05) is 4.88 Å². The number of aliphatic carboxylic acids is 2. The highest BCUT2D eigenvalue weighted by Gasteiger charge is 2.22. The third kappa shape index (κ3) is 4.92. The first kappa shape index (κ1) is 14.9. The van der Waals surface area contributed by atoms with Crippen LogP contribution in [-0.2, 0) is 16.1 Å². The van der Waals surface area contributed by atoms with Crippen LogP contribution in [-0.4, -0.2) is 39.2 Å². The van der Waals surface area contributed by atoms with E-state index in [1.54, 1.807) is 12.4 Å². The molecule has 19 heavy (non-hydrogen) atoms. The molecular weight excluding hydrogens is 274 g/mol. The van der Waals surface area contributed by atoms with Crippen molar-refractivity contribution in [3.8, 4) is 0 Å². The van der Waals surface area contributed by atoms with Gasteiger partial charge >= 0.3 is 18.0 Å². The van der Waals surface area contributed by atoms with Gasteiger partial charge in [-0.05, 0) is 6.92 Å². The quantitative estimate of drug-likeness (QED) is 0.590. The molecule has 0 aromatic carbocycles. The molecule has 1 unspecified atom stereocenters. The highest BCUT2D eigenvalue weighted by Crippen LogP contribution is 2.10. The van der Waals surface area contributed by atoms with E-state index in [9.17, 15) is 14.4 Å². The summed E-state index contributed by atoms with van der Waals surface area (Å²) in [5, 5.41) is 21.8. The molecule has 4 N–H and O–H groups in total. The minimum Gasteiger partial charge on any atom is -0.481 e. The van der Waals surface area contributed by atoms with Crippen molar-refractivity contribution in [1.82, 2.24) is 15.6 Å². The molecule has 0 saturated carbocycles. The lowest BCUT2D eigenvalue weighted by Gasteiger charge is -2.12. The van der Waals surface area contributed by atoms with Crippen molar-refractivity contribution in [2.24, 2.45) is 0 Å². The molecule has 0 aliphatic rings. The first-order valence-electron chi connectivity index (χ1n) is 5.28. The van der Waals surface area contributed by atoms with Crippen molar-refractivity contribution in [2.45, 2.75) is 25.9 Å². The van der Waals surface area contributed by atoms with E-state index >= 15 is 0 Å². The molecule has 0 fully saturated rings. The van der Waals surface area contributed by atoms with Crippen LogP contribution >= 0.6 is 11.3 Å². The van der Waals surface area contributed by atoms with Crippen molar-refractivity contribution >= 4 is 29.3 Å². The number of urea groups is 1. The minimum absolute atomic E-state index is 0.210. The van der Waals surface area contributed by atoms with Gasteiger partial charge in [0.25, 0.3) is 0 Å². The summed E-state index contributed by atoms with van der Waals surface area (Å²) in [5.41, 5.74) is 2.42. The van der Waals surface area contributed by atoms with Crippen LogP contribution in [0.15, 0.2) is 5.51 Å². The molecule has 0 spiro atoms. The molecule has 8 nitrogen and oxygen atoms in total. The van der Waals surface area contributed by atoms with E-state index in [1.165, 1.54) is 11.3 Å². The van der Waals surface area contributed by atoms with Gasteiger partial charge in [0.15, 0.2) is 0 Å². The predicted octanol–water partition coefficient (Wildman–Crippen LogP) is 0.179. The molecule has 2 amide bonds. The Morgan fingerprint density at radius 3 is 2.58 bits per heavy atom. The molecule has 104 valence electrons. The van der Waals surface area contributed by atoms with Crippen molar-refractivity contribution < 1.29 is 24.6 Å². The SMILES string of the molecule is Cc1ncsc1CNC(=O)NC(CC(=O)O)C(=O)O. The third-order valence-corrected chi connectivity index (χ3v) is 3.17. The van der Waals surface area contributed by atoms with Crippen LogP contribution in [0.1, 0.15) is 17.0 Å². The Labute approximate surface area is 112 Å². The fraction of sp³-hybridized carbons (Fsp3) is 0.400. The summed E-state index contributed by atoms with van der Waals surface area (Å²) < 4.78 is 0. The number of hydrogen-bond acceptors (Lipinski definition) is 5. The summed E-state index contributed by atoms with van der Waals surface area (Å²) in [6.07, 6.45) is -0.678. The van der Waals surface area contributed by atoms with Gasteiger partial charge in [0.1, 0.15) is 6.04 Å². The smallest absolute Gasteiger partial charge is 0.326 e. The number of aromatic nitrogens is 1. The molecule has 9 heteroatoms. The number of rotatable bonds is 6. The second kappa shape index (κ2) is 6.69. The standard InChI is InChI=1S/C10H13N3O5S/c1-5-7(19-4-12-5)3-11-10(18)13-6(9(16)17)2-8(14)15/h4,6H,2-3H2,1H3,(H,14,15)(H,16,17)(H2,11,13,18). The van der Waals surface area contributed by atoms with Crippen LogP contribution in [0.25, 0.3) is 0 Å². The fourth-order valence-corrected chi connectivity index (χ4v) is 1.96. The molecular formula is C10H13N3O5S. The van der Waals surface area contributed by atoms with Crippen molar-refractivity contribution in [3.05, 3.63) is 16.1 Å². The van der Waals surface area contributed by atoms with E-state index in [4.69, 9.17) is 10.2 Å². The molecule has 0 bridgehead atoms. The van der Waals surface area contributed by atoms with Gasteiger partial charge in [-0.3, -0.25) is 4.79 Å². The zero-order chi connectivity index (χ0) is 14.4. The lowest BCUT2D eigenvalue weighted by Crippen LogP contribution is -2.46. The number of carbonyl (C=O) groups excluding carboxylic acids is 1.